The van der Waals surface area contributed by atoms with Gasteiger partial charge >= 0.3 is 17.9 Å². The molecule has 0 bridgehead atoms. The lowest BCUT2D eigenvalue weighted by Gasteiger charge is -2.18. The summed E-state index contributed by atoms with van der Waals surface area (Å²) in [5.41, 5.74) is 0. The third-order valence-electron chi connectivity index (χ3n) is 14.6. The predicted molar refractivity (Wildman–Crippen MR) is 339 cm³/mol. The Bertz CT molecular complexity index is 1480. The highest BCUT2D eigenvalue weighted by Gasteiger charge is 2.19. The Morgan fingerprint density at radius 2 is 0.500 bits per heavy atom. The third-order valence-corrected chi connectivity index (χ3v) is 14.6. The fourth-order valence-corrected chi connectivity index (χ4v) is 9.69. The fourth-order valence-electron chi connectivity index (χ4n) is 9.69. The minimum absolute atomic E-state index is 0.0900. The van der Waals surface area contributed by atoms with Crippen molar-refractivity contribution in [1.82, 2.24) is 0 Å². The van der Waals surface area contributed by atoms with Crippen molar-refractivity contribution in [1.29, 1.82) is 0 Å². The molecule has 1 unspecified atom stereocenters. The van der Waals surface area contributed by atoms with E-state index in [1.165, 1.54) is 161 Å². The van der Waals surface area contributed by atoms with Crippen LogP contribution in [0.15, 0.2) is 85.1 Å². The molecule has 6 nitrogen and oxygen atoms in total. The van der Waals surface area contributed by atoms with Gasteiger partial charge in [0, 0.05) is 19.3 Å². The van der Waals surface area contributed by atoms with E-state index in [2.05, 4.69) is 106 Å². The summed E-state index contributed by atoms with van der Waals surface area (Å²) in [6.45, 7) is 6.42. The van der Waals surface area contributed by atoms with Gasteiger partial charge in [-0.25, -0.2) is 0 Å². The van der Waals surface area contributed by atoms with Crippen molar-refractivity contribution >= 4 is 17.9 Å². The highest BCUT2D eigenvalue weighted by molar-refractivity contribution is 5.71. The minimum atomic E-state index is -0.798. The summed E-state index contributed by atoms with van der Waals surface area (Å²) in [5.74, 6) is -0.918. The lowest BCUT2D eigenvalue weighted by Crippen LogP contribution is -2.30. The van der Waals surface area contributed by atoms with E-state index in [1.54, 1.807) is 0 Å². The van der Waals surface area contributed by atoms with Gasteiger partial charge < -0.3 is 14.2 Å². The lowest BCUT2D eigenvalue weighted by atomic mass is 10.0. The Morgan fingerprint density at radius 1 is 0.269 bits per heavy atom. The number of allylic oxidation sites excluding steroid dienone is 14. The maximum absolute atomic E-state index is 12.9. The van der Waals surface area contributed by atoms with Crippen LogP contribution in [0.3, 0.4) is 0 Å². The molecule has 0 aliphatic rings. The van der Waals surface area contributed by atoms with Gasteiger partial charge in [0.25, 0.3) is 0 Å². The zero-order chi connectivity index (χ0) is 56.4. The molecule has 6 heteroatoms. The summed E-state index contributed by atoms with van der Waals surface area (Å²) in [4.78, 5) is 38.3. The molecule has 0 rings (SSSR count). The Balaban J connectivity index is 4.27. The molecule has 450 valence electrons. The second-order valence-electron chi connectivity index (χ2n) is 22.3. The zero-order valence-corrected chi connectivity index (χ0v) is 51.7. The lowest BCUT2D eigenvalue weighted by molar-refractivity contribution is -0.167. The molecule has 0 aromatic carbocycles. The summed E-state index contributed by atoms with van der Waals surface area (Å²) in [7, 11) is 0. The first kappa shape index (κ1) is 74.6. The summed E-state index contributed by atoms with van der Waals surface area (Å²) in [6, 6.07) is 0. The van der Waals surface area contributed by atoms with Crippen molar-refractivity contribution in [2.75, 3.05) is 13.2 Å². The van der Waals surface area contributed by atoms with Crippen molar-refractivity contribution in [2.45, 2.75) is 341 Å². The maximum atomic E-state index is 12.9. The van der Waals surface area contributed by atoms with E-state index in [9.17, 15) is 14.4 Å². The number of esters is 3. The standard InChI is InChI=1S/C72H126O6/c1-4-7-10-13-16-19-22-25-28-30-31-32-33-34-35-36-37-38-39-40-42-44-47-50-53-56-59-62-65-71(74)77-68-69(67-76-70(73)64-61-58-55-52-49-46-43-27-24-21-18-15-12-9-6-3)78-72(75)66-63-60-57-54-51-48-45-41-29-26-23-20-17-14-11-8-5-2/h8-9,11-12,17-18,20-21,26-27,29,43,45,48,69H,4-7,10,13-16,19,22-25,28,30-42,44,46-47,49-68H2,1-3H3/b11-8-,12-9-,20-17-,21-18-,29-26-,43-27-,48-45-. The van der Waals surface area contributed by atoms with Crippen LogP contribution in [0.2, 0.25) is 0 Å². The number of hydrogen-bond donors (Lipinski definition) is 0. The molecule has 0 saturated heterocycles. The first-order valence-electron chi connectivity index (χ1n) is 33.6. The number of rotatable bonds is 61. The molecule has 0 spiro atoms. The molecular weight excluding hydrogens is 961 g/mol. The predicted octanol–water partition coefficient (Wildman–Crippen LogP) is 23.1. The Morgan fingerprint density at radius 3 is 0.782 bits per heavy atom. The van der Waals surface area contributed by atoms with Gasteiger partial charge in [0.1, 0.15) is 13.2 Å². The van der Waals surface area contributed by atoms with Crippen LogP contribution in [0.4, 0.5) is 0 Å². The molecule has 1 atom stereocenters. The minimum Gasteiger partial charge on any atom is -0.462 e. The molecule has 0 amide bonds. The molecule has 0 aliphatic carbocycles. The zero-order valence-electron chi connectivity index (χ0n) is 51.7. The second kappa shape index (κ2) is 66.1. The largest absolute Gasteiger partial charge is 0.462 e. The molecule has 0 fully saturated rings. The van der Waals surface area contributed by atoms with Crippen molar-refractivity contribution in [3.63, 3.8) is 0 Å². The van der Waals surface area contributed by atoms with Crippen LogP contribution in [-0.2, 0) is 28.6 Å². The van der Waals surface area contributed by atoms with Crippen LogP contribution < -0.4 is 0 Å². The first-order valence-corrected chi connectivity index (χ1v) is 33.6. The average Bonchev–Trinajstić information content (AvgIpc) is 3.44. The van der Waals surface area contributed by atoms with Gasteiger partial charge in [-0.15, -0.1) is 0 Å². The second-order valence-corrected chi connectivity index (χ2v) is 22.3. The van der Waals surface area contributed by atoms with Crippen LogP contribution in [-0.4, -0.2) is 37.2 Å². The number of carbonyl (C=O) groups excluding carboxylic acids is 3. The molecule has 78 heavy (non-hydrogen) atoms. The Labute approximate surface area is 484 Å². The third kappa shape index (κ3) is 63.4. The Kier molecular flexibility index (Phi) is 63.2. The average molecular weight is 1090 g/mol. The summed E-state index contributed by atoms with van der Waals surface area (Å²) < 4.78 is 16.9. The first-order chi connectivity index (χ1) is 38.5. The van der Waals surface area contributed by atoms with Crippen molar-refractivity contribution < 1.29 is 28.6 Å². The van der Waals surface area contributed by atoms with Gasteiger partial charge in [-0.3, -0.25) is 14.4 Å². The number of ether oxygens (including phenoxy) is 3. The molecule has 0 aromatic heterocycles. The number of carbonyl (C=O) groups is 3. The maximum Gasteiger partial charge on any atom is 0.306 e. The SMILES string of the molecule is CC/C=C\C/C=C\C/C=C\C/C=C\CCCCCCC(=O)OC(COC(=O)CCCCCCC/C=C\C/C=C\C/C=C\CC)COC(=O)CCCCCCCCCCCCCCCCCCCCCCCCCCCCCC. The Hall–Kier alpha value is -3.41. The topological polar surface area (TPSA) is 78.9 Å². The van der Waals surface area contributed by atoms with E-state index in [1.807, 2.05) is 0 Å². The van der Waals surface area contributed by atoms with Crippen molar-refractivity contribution in [2.24, 2.45) is 0 Å². The molecule has 0 heterocycles. The van der Waals surface area contributed by atoms with Crippen molar-refractivity contribution in [3.8, 4) is 0 Å². The van der Waals surface area contributed by atoms with Gasteiger partial charge in [-0.05, 0) is 89.9 Å². The van der Waals surface area contributed by atoms with Gasteiger partial charge in [-0.2, -0.15) is 0 Å². The van der Waals surface area contributed by atoms with E-state index in [-0.39, 0.29) is 31.1 Å². The van der Waals surface area contributed by atoms with Crippen LogP contribution in [0.25, 0.3) is 0 Å². The van der Waals surface area contributed by atoms with E-state index < -0.39 is 6.10 Å². The van der Waals surface area contributed by atoms with Gasteiger partial charge in [-0.1, -0.05) is 311 Å². The van der Waals surface area contributed by atoms with Gasteiger partial charge in [0.15, 0.2) is 6.10 Å². The van der Waals surface area contributed by atoms with Crippen LogP contribution in [0, 0.1) is 0 Å². The van der Waals surface area contributed by atoms with Gasteiger partial charge in [0.2, 0.25) is 0 Å². The monoisotopic (exact) mass is 1090 g/mol. The van der Waals surface area contributed by atoms with Crippen LogP contribution >= 0.6 is 0 Å². The van der Waals surface area contributed by atoms with Crippen molar-refractivity contribution in [3.05, 3.63) is 85.1 Å². The number of unbranched alkanes of at least 4 members (excludes halogenated alkanes) is 36. The molecular formula is C72H126O6. The summed E-state index contributed by atoms with van der Waals surface area (Å²) in [6.07, 6.45) is 87.6. The highest BCUT2D eigenvalue weighted by Crippen LogP contribution is 2.18. The summed E-state index contributed by atoms with van der Waals surface area (Å²) in [5, 5.41) is 0. The highest BCUT2D eigenvalue weighted by atomic mass is 16.6. The smallest absolute Gasteiger partial charge is 0.306 e. The van der Waals surface area contributed by atoms with E-state index in [0.717, 1.165) is 135 Å². The van der Waals surface area contributed by atoms with E-state index in [0.29, 0.717) is 19.3 Å². The molecule has 0 radical (unpaired) electrons. The van der Waals surface area contributed by atoms with Crippen LogP contribution in [0.5, 0.6) is 0 Å². The van der Waals surface area contributed by atoms with Gasteiger partial charge in [0.05, 0.1) is 0 Å². The van der Waals surface area contributed by atoms with E-state index in [4.69, 9.17) is 14.2 Å². The number of hydrogen-bond acceptors (Lipinski definition) is 6. The molecule has 0 N–H and O–H groups in total. The molecule has 0 saturated carbocycles. The molecule has 0 aromatic rings. The quantitative estimate of drug-likeness (QED) is 0.0261. The fraction of sp³-hybridized carbons (Fsp3) is 0.764. The normalized spacial score (nSPS) is 12.6. The summed E-state index contributed by atoms with van der Waals surface area (Å²) >= 11 is 0. The molecule has 0 aliphatic heterocycles. The van der Waals surface area contributed by atoms with Crippen LogP contribution in [0.1, 0.15) is 335 Å². The van der Waals surface area contributed by atoms with E-state index >= 15 is 0 Å².